The van der Waals surface area contributed by atoms with Gasteiger partial charge < -0.3 is 19.4 Å². The maximum Gasteiger partial charge on any atom is 0.259 e. The van der Waals surface area contributed by atoms with Crippen molar-refractivity contribution in [2.75, 3.05) is 12.4 Å². The Bertz CT molecular complexity index is 1290. The van der Waals surface area contributed by atoms with Crippen molar-refractivity contribution in [3.8, 4) is 29.0 Å². The highest BCUT2D eigenvalue weighted by Gasteiger charge is 2.16. The number of ether oxygens (including phenoxy) is 2. The summed E-state index contributed by atoms with van der Waals surface area (Å²) in [4.78, 5) is 21.4. The Hall–Kier alpha value is -4.34. The van der Waals surface area contributed by atoms with Gasteiger partial charge in [0.25, 0.3) is 5.91 Å². The fourth-order valence-corrected chi connectivity index (χ4v) is 3.05. The zero-order valence-electron chi connectivity index (χ0n) is 18.2. The smallest absolute Gasteiger partial charge is 0.259 e. The van der Waals surface area contributed by atoms with Crippen LogP contribution in [0.1, 0.15) is 30.2 Å². The van der Waals surface area contributed by atoms with E-state index in [1.807, 2.05) is 18.4 Å². The molecule has 3 aromatic heterocycles. The molecular formula is C23H21FN6O3. The van der Waals surface area contributed by atoms with Crippen LogP contribution in [0.4, 0.5) is 10.2 Å². The van der Waals surface area contributed by atoms with Crippen LogP contribution < -0.4 is 14.8 Å². The van der Waals surface area contributed by atoms with E-state index >= 15 is 0 Å². The summed E-state index contributed by atoms with van der Waals surface area (Å²) in [5, 5.41) is 10.7. The first-order valence-electron chi connectivity index (χ1n) is 10.1. The largest absolute Gasteiger partial charge is 0.481 e. The Morgan fingerprint density at radius 1 is 1.06 bits per heavy atom. The normalized spacial score (nSPS) is 10.8. The number of amides is 1. The number of hydrogen-bond donors (Lipinski definition) is 1. The van der Waals surface area contributed by atoms with Gasteiger partial charge in [0.2, 0.25) is 11.8 Å². The number of pyridine rings is 2. The average Bonchev–Trinajstić information content (AvgIpc) is 3.31. The molecule has 1 N–H and O–H groups in total. The standard InChI is InChI=1S/C23H21FN6O3/c1-14(2)30-13-25-29-22(30)18-6-4-7-19(26-18)27-23(31)16-12-15(10-11-17(16)24)33-21-9-5-8-20(28-21)32-3/h4-14H,1-3H3,(H,26,27,31). The number of carbonyl (C=O) groups is 1. The predicted molar refractivity (Wildman–Crippen MR) is 119 cm³/mol. The lowest BCUT2D eigenvalue weighted by Gasteiger charge is -2.11. The van der Waals surface area contributed by atoms with E-state index in [0.29, 0.717) is 17.4 Å². The van der Waals surface area contributed by atoms with E-state index in [-0.39, 0.29) is 29.1 Å². The van der Waals surface area contributed by atoms with Crippen LogP contribution in [-0.4, -0.2) is 37.7 Å². The Balaban J connectivity index is 1.55. The molecule has 0 atom stereocenters. The number of anilines is 1. The fraction of sp³-hybridized carbons (Fsp3) is 0.174. The zero-order chi connectivity index (χ0) is 23.4. The third-order valence-electron chi connectivity index (χ3n) is 4.66. The van der Waals surface area contributed by atoms with Crippen LogP contribution in [0.2, 0.25) is 0 Å². The lowest BCUT2D eigenvalue weighted by Crippen LogP contribution is -2.15. The number of hydrogen-bond acceptors (Lipinski definition) is 7. The number of halogens is 1. The lowest BCUT2D eigenvalue weighted by atomic mass is 10.2. The molecule has 168 valence electrons. The van der Waals surface area contributed by atoms with Crippen molar-refractivity contribution < 1.29 is 18.7 Å². The number of methoxy groups -OCH3 is 1. The summed E-state index contributed by atoms with van der Waals surface area (Å²) in [6.07, 6.45) is 1.62. The first-order valence-corrected chi connectivity index (χ1v) is 10.1. The quantitative estimate of drug-likeness (QED) is 0.444. The van der Waals surface area contributed by atoms with Gasteiger partial charge in [-0.3, -0.25) is 4.79 Å². The minimum atomic E-state index is -0.700. The third kappa shape index (κ3) is 4.95. The van der Waals surface area contributed by atoms with Crippen molar-refractivity contribution in [2.45, 2.75) is 19.9 Å². The number of nitrogens with zero attached hydrogens (tertiary/aromatic N) is 5. The van der Waals surface area contributed by atoms with E-state index in [1.54, 1.807) is 42.7 Å². The summed E-state index contributed by atoms with van der Waals surface area (Å²) in [6.45, 7) is 3.99. The summed E-state index contributed by atoms with van der Waals surface area (Å²) < 4.78 is 27.0. The van der Waals surface area contributed by atoms with Crippen LogP contribution in [0.5, 0.6) is 17.5 Å². The van der Waals surface area contributed by atoms with Gasteiger partial charge >= 0.3 is 0 Å². The number of nitrogens with one attached hydrogen (secondary N) is 1. The molecule has 0 fully saturated rings. The van der Waals surface area contributed by atoms with Crippen LogP contribution >= 0.6 is 0 Å². The molecule has 0 bridgehead atoms. The van der Waals surface area contributed by atoms with Crippen LogP contribution in [0.25, 0.3) is 11.5 Å². The molecule has 3 heterocycles. The van der Waals surface area contributed by atoms with Gasteiger partial charge in [-0.25, -0.2) is 9.37 Å². The molecule has 10 heteroatoms. The van der Waals surface area contributed by atoms with Gasteiger partial charge in [-0.05, 0) is 44.2 Å². The van der Waals surface area contributed by atoms with Gasteiger partial charge in [0, 0.05) is 18.2 Å². The molecule has 1 aromatic carbocycles. The van der Waals surface area contributed by atoms with Crippen LogP contribution in [0, 0.1) is 5.82 Å². The monoisotopic (exact) mass is 448 g/mol. The average molecular weight is 448 g/mol. The molecule has 9 nitrogen and oxygen atoms in total. The van der Waals surface area contributed by atoms with E-state index in [2.05, 4.69) is 25.5 Å². The second-order valence-electron chi connectivity index (χ2n) is 7.28. The highest BCUT2D eigenvalue weighted by Crippen LogP contribution is 2.25. The van der Waals surface area contributed by atoms with Gasteiger partial charge in [-0.2, -0.15) is 4.98 Å². The molecule has 0 saturated heterocycles. The maximum atomic E-state index is 14.4. The van der Waals surface area contributed by atoms with Crippen molar-refractivity contribution >= 4 is 11.7 Å². The van der Waals surface area contributed by atoms with Crippen molar-refractivity contribution in [3.63, 3.8) is 0 Å². The van der Waals surface area contributed by atoms with E-state index in [1.165, 1.54) is 19.2 Å². The Kier molecular flexibility index (Phi) is 6.25. The number of rotatable bonds is 7. The van der Waals surface area contributed by atoms with Gasteiger partial charge in [-0.15, -0.1) is 10.2 Å². The topological polar surface area (TPSA) is 104 Å². The summed E-state index contributed by atoms with van der Waals surface area (Å²) >= 11 is 0. The van der Waals surface area contributed by atoms with E-state index in [9.17, 15) is 9.18 Å². The van der Waals surface area contributed by atoms with Gasteiger partial charge in [-0.1, -0.05) is 12.1 Å². The molecule has 0 aliphatic carbocycles. The predicted octanol–water partition coefficient (Wildman–Crippen LogP) is 4.51. The molecule has 0 unspecified atom stereocenters. The van der Waals surface area contributed by atoms with Crippen LogP contribution in [0.3, 0.4) is 0 Å². The van der Waals surface area contributed by atoms with E-state index < -0.39 is 11.7 Å². The van der Waals surface area contributed by atoms with Gasteiger partial charge in [0.1, 0.15) is 29.4 Å². The second kappa shape index (κ2) is 9.43. The Morgan fingerprint density at radius 2 is 1.85 bits per heavy atom. The molecule has 4 aromatic rings. The fourth-order valence-electron chi connectivity index (χ4n) is 3.05. The molecule has 4 rings (SSSR count). The summed E-state index contributed by atoms with van der Waals surface area (Å²) in [5.74, 6) is 0.293. The summed E-state index contributed by atoms with van der Waals surface area (Å²) in [7, 11) is 1.49. The minimum absolute atomic E-state index is 0.131. The van der Waals surface area contributed by atoms with Gasteiger partial charge in [0.05, 0.1) is 12.7 Å². The summed E-state index contributed by atoms with van der Waals surface area (Å²) in [5.41, 5.74) is 0.327. The molecule has 0 aliphatic heterocycles. The SMILES string of the molecule is COc1cccc(Oc2ccc(F)c(C(=O)Nc3cccc(-c4nncn4C(C)C)n3)c2)n1. The molecule has 0 spiro atoms. The molecule has 0 radical (unpaired) electrons. The van der Waals surface area contributed by atoms with E-state index in [0.717, 1.165) is 6.07 Å². The molecule has 0 aliphatic rings. The third-order valence-corrected chi connectivity index (χ3v) is 4.66. The molecule has 1 amide bonds. The minimum Gasteiger partial charge on any atom is -0.481 e. The van der Waals surface area contributed by atoms with Crippen molar-refractivity contribution in [2.24, 2.45) is 0 Å². The number of aromatic nitrogens is 5. The number of carbonyl (C=O) groups excluding carboxylic acids is 1. The Labute approximate surface area is 189 Å². The lowest BCUT2D eigenvalue weighted by molar-refractivity contribution is 0.102. The van der Waals surface area contributed by atoms with Crippen molar-refractivity contribution in [1.29, 1.82) is 0 Å². The molecule has 33 heavy (non-hydrogen) atoms. The van der Waals surface area contributed by atoms with Crippen LogP contribution in [0.15, 0.2) is 60.9 Å². The first-order chi connectivity index (χ1) is 15.9. The maximum absolute atomic E-state index is 14.4. The zero-order valence-corrected chi connectivity index (χ0v) is 18.2. The van der Waals surface area contributed by atoms with E-state index in [4.69, 9.17) is 9.47 Å². The highest BCUT2D eigenvalue weighted by atomic mass is 19.1. The van der Waals surface area contributed by atoms with Crippen LogP contribution in [-0.2, 0) is 0 Å². The van der Waals surface area contributed by atoms with Crippen molar-refractivity contribution in [3.05, 3.63) is 72.3 Å². The number of benzene rings is 1. The Morgan fingerprint density at radius 3 is 2.64 bits per heavy atom. The molecule has 0 saturated carbocycles. The first kappa shape index (κ1) is 21.9. The molecular weight excluding hydrogens is 427 g/mol. The van der Waals surface area contributed by atoms with Gasteiger partial charge in [0.15, 0.2) is 5.82 Å². The summed E-state index contributed by atoms with van der Waals surface area (Å²) in [6, 6.07) is 14.1. The van der Waals surface area contributed by atoms with Crippen molar-refractivity contribution in [1.82, 2.24) is 24.7 Å². The second-order valence-corrected chi connectivity index (χ2v) is 7.28. The highest BCUT2D eigenvalue weighted by molar-refractivity contribution is 6.04.